The molecule has 102 valence electrons. The Hall–Kier alpha value is -0.980. The SMILES string of the molecule is COCCC(N)C(=O)NC(C)c1sc(C)nc1C. The minimum atomic E-state index is -0.526. The normalized spacial score (nSPS) is 14.3. The number of ether oxygens (including phenoxy) is 1. The summed E-state index contributed by atoms with van der Waals surface area (Å²) in [5.74, 6) is -0.148. The number of aromatic nitrogens is 1. The molecule has 0 aromatic carbocycles. The van der Waals surface area contributed by atoms with Gasteiger partial charge in [0.05, 0.1) is 22.8 Å². The van der Waals surface area contributed by atoms with Crippen LogP contribution in [0.2, 0.25) is 0 Å². The van der Waals surface area contributed by atoms with Crippen LogP contribution in [0.1, 0.15) is 35.0 Å². The molecular weight excluding hydrogens is 250 g/mol. The standard InChI is InChI=1S/C12H21N3O2S/c1-7-11(18-9(3)14-7)8(2)15-12(16)10(13)5-6-17-4/h8,10H,5-6,13H2,1-4H3,(H,15,16). The maximum absolute atomic E-state index is 11.8. The van der Waals surface area contributed by atoms with Gasteiger partial charge < -0.3 is 15.8 Å². The Morgan fingerprint density at radius 2 is 2.22 bits per heavy atom. The molecule has 5 nitrogen and oxygen atoms in total. The fraction of sp³-hybridized carbons (Fsp3) is 0.667. The Kier molecular flexibility index (Phi) is 5.71. The average molecular weight is 271 g/mol. The van der Waals surface area contributed by atoms with Crippen molar-refractivity contribution in [2.45, 2.75) is 39.3 Å². The van der Waals surface area contributed by atoms with Crippen LogP contribution in [-0.4, -0.2) is 30.6 Å². The highest BCUT2D eigenvalue weighted by molar-refractivity contribution is 7.11. The molecule has 1 amide bonds. The average Bonchev–Trinajstić information content (AvgIpc) is 2.65. The summed E-state index contributed by atoms with van der Waals surface area (Å²) in [6.07, 6.45) is 0.524. The number of rotatable bonds is 6. The molecule has 0 aliphatic heterocycles. The molecule has 0 saturated heterocycles. The number of methoxy groups -OCH3 is 1. The second-order valence-electron chi connectivity index (χ2n) is 4.30. The van der Waals surface area contributed by atoms with Crippen molar-refractivity contribution in [1.82, 2.24) is 10.3 Å². The van der Waals surface area contributed by atoms with Crippen LogP contribution < -0.4 is 11.1 Å². The monoisotopic (exact) mass is 271 g/mol. The van der Waals surface area contributed by atoms with Gasteiger partial charge in [-0.3, -0.25) is 4.79 Å². The molecular formula is C12H21N3O2S. The van der Waals surface area contributed by atoms with Gasteiger partial charge in [0.1, 0.15) is 0 Å². The summed E-state index contributed by atoms with van der Waals surface area (Å²) in [6.45, 7) is 6.34. The van der Waals surface area contributed by atoms with Crippen molar-refractivity contribution < 1.29 is 9.53 Å². The van der Waals surface area contributed by atoms with Gasteiger partial charge in [-0.2, -0.15) is 0 Å². The van der Waals surface area contributed by atoms with Gasteiger partial charge in [-0.25, -0.2) is 4.98 Å². The van der Waals surface area contributed by atoms with E-state index >= 15 is 0 Å². The molecule has 18 heavy (non-hydrogen) atoms. The number of carbonyl (C=O) groups is 1. The number of nitrogens with one attached hydrogen (secondary N) is 1. The lowest BCUT2D eigenvalue weighted by atomic mass is 10.2. The van der Waals surface area contributed by atoms with Crippen molar-refractivity contribution in [3.05, 3.63) is 15.6 Å². The van der Waals surface area contributed by atoms with E-state index in [0.717, 1.165) is 15.6 Å². The summed E-state index contributed by atoms with van der Waals surface area (Å²) in [7, 11) is 1.59. The molecule has 0 bridgehead atoms. The molecule has 1 rings (SSSR count). The van der Waals surface area contributed by atoms with Crippen LogP contribution >= 0.6 is 11.3 Å². The van der Waals surface area contributed by atoms with Gasteiger partial charge in [-0.1, -0.05) is 0 Å². The molecule has 0 radical (unpaired) electrons. The Morgan fingerprint density at radius 3 is 2.72 bits per heavy atom. The predicted molar refractivity (Wildman–Crippen MR) is 72.6 cm³/mol. The van der Waals surface area contributed by atoms with E-state index < -0.39 is 6.04 Å². The number of thiazole rings is 1. The van der Waals surface area contributed by atoms with Crippen LogP contribution in [-0.2, 0) is 9.53 Å². The van der Waals surface area contributed by atoms with Crippen LogP contribution in [0.3, 0.4) is 0 Å². The first-order valence-corrected chi connectivity index (χ1v) is 6.76. The highest BCUT2D eigenvalue weighted by atomic mass is 32.1. The van der Waals surface area contributed by atoms with Crippen molar-refractivity contribution >= 4 is 17.2 Å². The van der Waals surface area contributed by atoms with E-state index in [0.29, 0.717) is 13.0 Å². The summed E-state index contributed by atoms with van der Waals surface area (Å²) < 4.78 is 4.91. The third kappa shape index (κ3) is 4.04. The van der Waals surface area contributed by atoms with Gasteiger partial charge in [0.15, 0.2) is 0 Å². The summed E-state index contributed by atoms with van der Waals surface area (Å²) in [5, 5.41) is 3.92. The molecule has 1 aromatic heterocycles. The number of nitrogens with two attached hydrogens (primary N) is 1. The van der Waals surface area contributed by atoms with E-state index in [2.05, 4.69) is 10.3 Å². The summed E-state index contributed by atoms with van der Waals surface area (Å²) >= 11 is 1.60. The first-order valence-electron chi connectivity index (χ1n) is 5.94. The zero-order valence-corrected chi connectivity index (χ0v) is 12.1. The number of hydrogen-bond donors (Lipinski definition) is 2. The molecule has 0 aliphatic rings. The molecule has 0 spiro atoms. The summed E-state index contributed by atoms with van der Waals surface area (Å²) in [4.78, 5) is 17.3. The minimum absolute atomic E-state index is 0.0581. The van der Waals surface area contributed by atoms with E-state index in [-0.39, 0.29) is 11.9 Å². The second kappa shape index (κ2) is 6.82. The maximum atomic E-state index is 11.8. The van der Waals surface area contributed by atoms with Gasteiger partial charge in [-0.05, 0) is 27.2 Å². The Labute approximate surface area is 112 Å². The summed E-state index contributed by atoms with van der Waals surface area (Å²) in [6, 6.07) is -0.584. The molecule has 2 unspecified atom stereocenters. The molecule has 3 N–H and O–H groups in total. The zero-order valence-electron chi connectivity index (χ0n) is 11.3. The molecule has 0 aliphatic carbocycles. The largest absolute Gasteiger partial charge is 0.385 e. The Bertz CT molecular complexity index is 406. The van der Waals surface area contributed by atoms with E-state index in [9.17, 15) is 4.79 Å². The topological polar surface area (TPSA) is 77.2 Å². The molecule has 0 saturated carbocycles. The van der Waals surface area contributed by atoms with E-state index in [1.807, 2.05) is 20.8 Å². The Balaban J connectivity index is 2.56. The molecule has 1 aromatic rings. The maximum Gasteiger partial charge on any atom is 0.237 e. The van der Waals surface area contributed by atoms with E-state index in [1.54, 1.807) is 18.4 Å². The number of aryl methyl sites for hydroxylation is 2. The van der Waals surface area contributed by atoms with E-state index in [4.69, 9.17) is 10.5 Å². The number of carbonyl (C=O) groups excluding carboxylic acids is 1. The lowest BCUT2D eigenvalue weighted by Gasteiger charge is -2.16. The molecule has 1 heterocycles. The Morgan fingerprint density at radius 1 is 1.56 bits per heavy atom. The number of hydrogen-bond acceptors (Lipinski definition) is 5. The van der Waals surface area contributed by atoms with Gasteiger partial charge in [0.25, 0.3) is 0 Å². The van der Waals surface area contributed by atoms with Crippen LogP contribution in [0, 0.1) is 13.8 Å². The summed E-state index contributed by atoms with van der Waals surface area (Å²) in [5.41, 5.74) is 6.74. The van der Waals surface area contributed by atoms with Crippen LogP contribution in [0.15, 0.2) is 0 Å². The quantitative estimate of drug-likeness (QED) is 0.817. The first kappa shape index (κ1) is 15.1. The molecule has 2 atom stereocenters. The minimum Gasteiger partial charge on any atom is -0.385 e. The van der Waals surface area contributed by atoms with Crippen molar-refractivity contribution in [2.24, 2.45) is 5.73 Å². The third-order valence-corrected chi connectivity index (χ3v) is 3.92. The first-order chi connectivity index (χ1) is 8.45. The molecule has 6 heteroatoms. The zero-order chi connectivity index (χ0) is 13.7. The van der Waals surface area contributed by atoms with Gasteiger partial charge in [0, 0.05) is 18.6 Å². The van der Waals surface area contributed by atoms with Crippen LogP contribution in [0.4, 0.5) is 0 Å². The van der Waals surface area contributed by atoms with Crippen molar-refractivity contribution in [3.63, 3.8) is 0 Å². The fourth-order valence-corrected chi connectivity index (χ4v) is 2.64. The van der Waals surface area contributed by atoms with Crippen LogP contribution in [0.25, 0.3) is 0 Å². The lowest BCUT2D eigenvalue weighted by Crippen LogP contribution is -2.42. The highest BCUT2D eigenvalue weighted by Gasteiger charge is 2.19. The van der Waals surface area contributed by atoms with Gasteiger partial charge >= 0.3 is 0 Å². The van der Waals surface area contributed by atoms with Crippen molar-refractivity contribution in [3.8, 4) is 0 Å². The van der Waals surface area contributed by atoms with Crippen molar-refractivity contribution in [2.75, 3.05) is 13.7 Å². The van der Waals surface area contributed by atoms with E-state index in [1.165, 1.54) is 0 Å². The number of nitrogens with zero attached hydrogens (tertiary/aromatic N) is 1. The van der Waals surface area contributed by atoms with Crippen LogP contribution in [0.5, 0.6) is 0 Å². The predicted octanol–water partition coefficient (Wildman–Crippen LogP) is 1.30. The second-order valence-corrected chi connectivity index (χ2v) is 5.54. The number of amides is 1. The van der Waals surface area contributed by atoms with Crippen molar-refractivity contribution in [1.29, 1.82) is 0 Å². The van der Waals surface area contributed by atoms with Gasteiger partial charge in [0.2, 0.25) is 5.91 Å². The third-order valence-electron chi connectivity index (χ3n) is 2.66. The van der Waals surface area contributed by atoms with Gasteiger partial charge in [-0.15, -0.1) is 11.3 Å². The molecule has 0 fully saturated rings. The smallest absolute Gasteiger partial charge is 0.237 e. The highest BCUT2D eigenvalue weighted by Crippen LogP contribution is 2.24. The fourth-order valence-electron chi connectivity index (χ4n) is 1.71. The lowest BCUT2D eigenvalue weighted by molar-refractivity contribution is -0.123.